The lowest BCUT2D eigenvalue weighted by Gasteiger charge is -2.09. The highest BCUT2D eigenvalue weighted by Gasteiger charge is 2.04. The molecule has 4 heteroatoms. The van der Waals surface area contributed by atoms with Crippen LogP contribution in [0.1, 0.15) is 16.7 Å². The lowest BCUT2D eigenvalue weighted by atomic mass is 10.1. The smallest absolute Gasteiger partial charge is 0.248 e. The van der Waals surface area contributed by atoms with E-state index in [2.05, 4.69) is 5.32 Å². The molecular weight excluding hydrogens is 305 g/mol. The fourth-order valence-corrected chi connectivity index (χ4v) is 2.56. The molecule has 1 amide bonds. The fourth-order valence-electron chi connectivity index (χ4n) is 2.02. The first-order chi connectivity index (χ1) is 9.95. The van der Waals surface area contributed by atoms with Crippen LogP contribution >= 0.6 is 23.2 Å². The molecule has 0 unspecified atom stereocenters. The van der Waals surface area contributed by atoms with E-state index in [1.807, 2.05) is 32.0 Å². The highest BCUT2D eigenvalue weighted by Crippen LogP contribution is 2.21. The van der Waals surface area contributed by atoms with E-state index in [1.165, 1.54) is 6.08 Å². The molecule has 1 N–H and O–H groups in total. The van der Waals surface area contributed by atoms with Crippen LogP contribution in [0.2, 0.25) is 10.0 Å². The number of nitrogens with one attached hydrogen (secondary N) is 1. The zero-order chi connectivity index (χ0) is 15.4. The van der Waals surface area contributed by atoms with E-state index >= 15 is 0 Å². The summed E-state index contributed by atoms with van der Waals surface area (Å²) in [6, 6.07) is 11.0. The van der Waals surface area contributed by atoms with Crippen molar-refractivity contribution in [3.63, 3.8) is 0 Å². The number of carbonyl (C=O) groups excluding carboxylic acids is 1. The Hall–Kier alpha value is -1.77. The number of halogens is 2. The third-order valence-electron chi connectivity index (χ3n) is 3.04. The van der Waals surface area contributed by atoms with Gasteiger partial charge in [-0.2, -0.15) is 0 Å². The Morgan fingerprint density at radius 1 is 1.05 bits per heavy atom. The van der Waals surface area contributed by atoms with Gasteiger partial charge in [0.05, 0.1) is 0 Å². The molecule has 0 radical (unpaired) electrons. The first-order valence-electron chi connectivity index (χ1n) is 6.47. The zero-order valence-corrected chi connectivity index (χ0v) is 13.3. The zero-order valence-electron chi connectivity index (χ0n) is 11.8. The Morgan fingerprint density at radius 2 is 1.62 bits per heavy atom. The highest BCUT2D eigenvalue weighted by atomic mass is 35.5. The summed E-state index contributed by atoms with van der Waals surface area (Å²) in [6.45, 7) is 3.92. The van der Waals surface area contributed by atoms with Crippen molar-refractivity contribution >= 4 is 40.9 Å². The van der Waals surface area contributed by atoms with Crippen molar-refractivity contribution in [2.75, 3.05) is 5.32 Å². The average Bonchev–Trinajstić information content (AvgIpc) is 2.40. The van der Waals surface area contributed by atoms with Crippen molar-refractivity contribution in [2.24, 2.45) is 0 Å². The predicted octanol–water partition coefficient (Wildman–Crippen LogP) is 5.26. The average molecular weight is 320 g/mol. The first-order valence-corrected chi connectivity index (χ1v) is 7.22. The van der Waals surface area contributed by atoms with Crippen LogP contribution in [0.25, 0.3) is 6.08 Å². The maximum absolute atomic E-state index is 12.0. The molecule has 0 fully saturated rings. The molecule has 2 rings (SSSR count). The molecule has 108 valence electrons. The van der Waals surface area contributed by atoms with E-state index < -0.39 is 0 Å². The van der Waals surface area contributed by atoms with E-state index in [9.17, 15) is 4.79 Å². The number of hydrogen-bond donors (Lipinski definition) is 1. The van der Waals surface area contributed by atoms with E-state index in [0.29, 0.717) is 10.0 Å². The molecule has 0 bridgehead atoms. The third-order valence-corrected chi connectivity index (χ3v) is 3.48. The Bertz CT molecular complexity index is 667. The Labute approximate surface area is 134 Å². The maximum atomic E-state index is 12.0. The number of carbonyl (C=O) groups is 1. The SMILES string of the molecule is Cc1cccc(C)c1NC(=O)/C=C/c1cc(Cl)cc(Cl)c1. The molecule has 0 saturated heterocycles. The first kappa shape index (κ1) is 15.6. The van der Waals surface area contributed by atoms with Gasteiger partial charge in [0.15, 0.2) is 0 Å². The van der Waals surface area contributed by atoms with Gasteiger partial charge in [-0.15, -0.1) is 0 Å². The van der Waals surface area contributed by atoms with Gasteiger partial charge in [0.1, 0.15) is 0 Å². The van der Waals surface area contributed by atoms with Crippen LogP contribution in [0.5, 0.6) is 0 Å². The Balaban J connectivity index is 2.13. The summed E-state index contributed by atoms with van der Waals surface area (Å²) in [5.74, 6) is -0.191. The van der Waals surface area contributed by atoms with Crippen molar-refractivity contribution in [3.8, 4) is 0 Å². The monoisotopic (exact) mass is 319 g/mol. The van der Waals surface area contributed by atoms with E-state index in [0.717, 1.165) is 22.4 Å². The molecule has 0 aliphatic rings. The summed E-state index contributed by atoms with van der Waals surface area (Å²) in [6.07, 6.45) is 3.15. The predicted molar refractivity (Wildman–Crippen MR) is 90.0 cm³/mol. The highest BCUT2D eigenvalue weighted by molar-refractivity contribution is 6.34. The van der Waals surface area contributed by atoms with Gasteiger partial charge in [-0.1, -0.05) is 41.4 Å². The van der Waals surface area contributed by atoms with Gasteiger partial charge in [-0.25, -0.2) is 0 Å². The van der Waals surface area contributed by atoms with E-state index in [1.54, 1.807) is 24.3 Å². The molecule has 0 spiro atoms. The molecule has 0 atom stereocenters. The topological polar surface area (TPSA) is 29.1 Å². The number of amides is 1. The fraction of sp³-hybridized carbons (Fsp3) is 0.118. The molecule has 0 saturated carbocycles. The minimum absolute atomic E-state index is 0.191. The molecule has 2 nitrogen and oxygen atoms in total. The third kappa shape index (κ3) is 4.35. The largest absolute Gasteiger partial charge is 0.322 e. The minimum Gasteiger partial charge on any atom is -0.322 e. The van der Waals surface area contributed by atoms with Gasteiger partial charge < -0.3 is 5.32 Å². The summed E-state index contributed by atoms with van der Waals surface area (Å²) in [5.41, 5.74) is 3.69. The molecule has 0 aliphatic carbocycles. The van der Waals surface area contributed by atoms with Gasteiger partial charge >= 0.3 is 0 Å². The van der Waals surface area contributed by atoms with Crippen molar-refractivity contribution in [3.05, 3.63) is 69.2 Å². The number of para-hydroxylation sites is 1. The second kappa shape index (κ2) is 6.79. The Morgan fingerprint density at radius 3 is 2.19 bits per heavy atom. The van der Waals surface area contributed by atoms with Gasteiger partial charge in [0.25, 0.3) is 0 Å². The second-order valence-electron chi connectivity index (χ2n) is 4.79. The molecule has 2 aromatic carbocycles. The van der Waals surface area contributed by atoms with Gasteiger partial charge in [0, 0.05) is 21.8 Å². The summed E-state index contributed by atoms with van der Waals surface area (Å²) >= 11 is 11.8. The molecule has 0 aromatic heterocycles. The molecular formula is C17H15Cl2NO. The lowest BCUT2D eigenvalue weighted by molar-refractivity contribution is -0.111. The van der Waals surface area contributed by atoms with Crippen molar-refractivity contribution in [1.82, 2.24) is 0 Å². The molecule has 0 heterocycles. The van der Waals surface area contributed by atoms with Gasteiger partial charge in [0.2, 0.25) is 5.91 Å². The number of rotatable bonds is 3. The quantitative estimate of drug-likeness (QED) is 0.768. The van der Waals surface area contributed by atoms with Crippen LogP contribution in [-0.4, -0.2) is 5.91 Å². The van der Waals surface area contributed by atoms with Gasteiger partial charge in [-0.3, -0.25) is 4.79 Å². The summed E-state index contributed by atoms with van der Waals surface area (Å²) in [7, 11) is 0. The van der Waals surface area contributed by atoms with Crippen molar-refractivity contribution < 1.29 is 4.79 Å². The van der Waals surface area contributed by atoms with Crippen LogP contribution in [0, 0.1) is 13.8 Å². The van der Waals surface area contributed by atoms with Crippen molar-refractivity contribution in [2.45, 2.75) is 13.8 Å². The lowest BCUT2D eigenvalue weighted by Crippen LogP contribution is -2.10. The summed E-state index contributed by atoms with van der Waals surface area (Å²) in [5, 5.41) is 3.96. The van der Waals surface area contributed by atoms with Crippen LogP contribution in [0.15, 0.2) is 42.5 Å². The summed E-state index contributed by atoms with van der Waals surface area (Å²) < 4.78 is 0. The maximum Gasteiger partial charge on any atom is 0.248 e. The Kier molecular flexibility index (Phi) is 5.05. The number of benzene rings is 2. The van der Waals surface area contributed by atoms with Crippen LogP contribution < -0.4 is 5.32 Å². The number of hydrogen-bond acceptors (Lipinski definition) is 1. The summed E-state index contributed by atoms with van der Waals surface area (Å²) in [4.78, 5) is 12.0. The van der Waals surface area contributed by atoms with E-state index in [4.69, 9.17) is 23.2 Å². The normalized spacial score (nSPS) is 10.9. The molecule has 0 aliphatic heterocycles. The second-order valence-corrected chi connectivity index (χ2v) is 5.67. The van der Waals surface area contributed by atoms with Crippen LogP contribution in [0.3, 0.4) is 0 Å². The molecule has 21 heavy (non-hydrogen) atoms. The van der Waals surface area contributed by atoms with Crippen molar-refractivity contribution in [1.29, 1.82) is 0 Å². The minimum atomic E-state index is -0.191. The van der Waals surface area contributed by atoms with Crippen LogP contribution in [0.4, 0.5) is 5.69 Å². The van der Waals surface area contributed by atoms with E-state index in [-0.39, 0.29) is 5.91 Å². The number of aryl methyl sites for hydroxylation is 2. The van der Waals surface area contributed by atoms with Crippen LogP contribution in [-0.2, 0) is 4.79 Å². The van der Waals surface area contributed by atoms with Gasteiger partial charge in [-0.05, 0) is 54.8 Å². The number of anilines is 1. The molecule has 2 aromatic rings. The standard InChI is InChI=1S/C17H15Cl2NO/c1-11-4-3-5-12(2)17(11)20-16(21)7-6-13-8-14(18)10-15(19)9-13/h3-10H,1-2H3,(H,20,21)/b7-6+.